The molecule has 0 bridgehead atoms. The summed E-state index contributed by atoms with van der Waals surface area (Å²) >= 11 is 0. The molecule has 0 saturated carbocycles. The quantitative estimate of drug-likeness (QED) is 0.375. The van der Waals surface area contributed by atoms with Crippen LogP contribution in [0.15, 0.2) is 12.7 Å². The lowest BCUT2D eigenvalue weighted by molar-refractivity contribution is -0.137. The summed E-state index contributed by atoms with van der Waals surface area (Å²) in [5.74, 6) is -0.469. The highest BCUT2D eigenvalue weighted by molar-refractivity contribution is 5.81. The number of amides is 1. The summed E-state index contributed by atoms with van der Waals surface area (Å²) in [4.78, 5) is 22.8. The molecule has 5 heteroatoms. The average Bonchev–Trinajstić information content (AvgIpc) is 2.16. The molecule has 0 rings (SSSR count). The fourth-order valence-corrected chi connectivity index (χ4v) is 0.579. The van der Waals surface area contributed by atoms with Gasteiger partial charge in [0.05, 0.1) is 13.2 Å². The molecule has 0 N–H and O–H groups in total. The van der Waals surface area contributed by atoms with Gasteiger partial charge in [-0.25, -0.2) is 9.59 Å². The molecule has 0 aliphatic heterocycles. The van der Waals surface area contributed by atoms with Crippen molar-refractivity contribution in [1.29, 1.82) is 0 Å². The maximum absolute atomic E-state index is 10.9. The normalized spacial score (nSPS) is 9.00. The van der Waals surface area contributed by atoms with Gasteiger partial charge in [-0.15, -0.1) is 0 Å². The topological polar surface area (TPSA) is 55.8 Å². The summed E-state index contributed by atoms with van der Waals surface area (Å²) in [5.41, 5.74) is 0. The van der Waals surface area contributed by atoms with E-state index in [-0.39, 0.29) is 13.2 Å². The van der Waals surface area contributed by atoms with Crippen LogP contribution in [0, 0.1) is 0 Å². The van der Waals surface area contributed by atoms with Crippen molar-refractivity contribution in [3.63, 3.8) is 0 Å². The van der Waals surface area contributed by atoms with Crippen LogP contribution in [0.2, 0.25) is 0 Å². The van der Waals surface area contributed by atoms with Crippen LogP contribution in [-0.2, 0) is 14.3 Å². The SMILES string of the molecule is C=CC(=O)OCCCOC(=O)N(C)C. The average molecular weight is 201 g/mol. The van der Waals surface area contributed by atoms with Crippen LogP contribution < -0.4 is 0 Å². The van der Waals surface area contributed by atoms with Crippen molar-refractivity contribution in [3.05, 3.63) is 12.7 Å². The van der Waals surface area contributed by atoms with E-state index in [0.717, 1.165) is 6.08 Å². The Bertz CT molecular complexity index is 213. The van der Waals surface area contributed by atoms with E-state index in [0.29, 0.717) is 6.42 Å². The van der Waals surface area contributed by atoms with Crippen molar-refractivity contribution in [1.82, 2.24) is 4.90 Å². The zero-order valence-corrected chi connectivity index (χ0v) is 8.49. The summed E-state index contributed by atoms with van der Waals surface area (Å²) in [6.45, 7) is 3.71. The third kappa shape index (κ3) is 6.05. The molecule has 0 heterocycles. The van der Waals surface area contributed by atoms with Crippen LogP contribution >= 0.6 is 0 Å². The Hall–Kier alpha value is -1.52. The minimum atomic E-state index is -0.469. The molecular formula is C9H15NO4. The van der Waals surface area contributed by atoms with E-state index < -0.39 is 12.1 Å². The van der Waals surface area contributed by atoms with Gasteiger partial charge in [0, 0.05) is 26.6 Å². The largest absolute Gasteiger partial charge is 0.462 e. The fraction of sp³-hybridized carbons (Fsp3) is 0.556. The monoisotopic (exact) mass is 201 g/mol. The van der Waals surface area contributed by atoms with Gasteiger partial charge in [0.1, 0.15) is 0 Å². The Kier molecular flexibility index (Phi) is 6.19. The molecule has 0 saturated heterocycles. The molecule has 0 unspecified atom stereocenters. The molecule has 0 aliphatic rings. The zero-order valence-electron chi connectivity index (χ0n) is 8.49. The fourth-order valence-electron chi connectivity index (χ4n) is 0.579. The van der Waals surface area contributed by atoms with Crippen molar-refractivity contribution >= 4 is 12.1 Å². The smallest absolute Gasteiger partial charge is 0.409 e. The van der Waals surface area contributed by atoms with Crippen LogP contribution in [-0.4, -0.2) is 44.3 Å². The van der Waals surface area contributed by atoms with Crippen molar-refractivity contribution in [2.75, 3.05) is 27.3 Å². The van der Waals surface area contributed by atoms with Crippen molar-refractivity contribution in [3.8, 4) is 0 Å². The number of hydrogen-bond donors (Lipinski definition) is 0. The second-order valence-electron chi connectivity index (χ2n) is 2.73. The highest BCUT2D eigenvalue weighted by Crippen LogP contribution is 1.90. The van der Waals surface area contributed by atoms with Gasteiger partial charge in [-0.05, 0) is 0 Å². The van der Waals surface area contributed by atoms with Gasteiger partial charge in [0.25, 0.3) is 0 Å². The van der Waals surface area contributed by atoms with Crippen LogP contribution in [0.1, 0.15) is 6.42 Å². The molecular weight excluding hydrogens is 186 g/mol. The maximum atomic E-state index is 10.9. The molecule has 14 heavy (non-hydrogen) atoms. The zero-order chi connectivity index (χ0) is 11.0. The van der Waals surface area contributed by atoms with Gasteiger partial charge in [-0.2, -0.15) is 0 Å². The highest BCUT2D eigenvalue weighted by atomic mass is 16.6. The Morgan fingerprint density at radius 2 is 1.86 bits per heavy atom. The van der Waals surface area contributed by atoms with Crippen LogP contribution in [0.5, 0.6) is 0 Å². The van der Waals surface area contributed by atoms with Gasteiger partial charge < -0.3 is 14.4 Å². The number of ether oxygens (including phenoxy) is 2. The van der Waals surface area contributed by atoms with E-state index in [2.05, 4.69) is 11.3 Å². The van der Waals surface area contributed by atoms with Crippen molar-refractivity contribution in [2.24, 2.45) is 0 Å². The summed E-state index contributed by atoms with van der Waals surface area (Å²) in [5, 5.41) is 0. The van der Waals surface area contributed by atoms with E-state index in [4.69, 9.17) is 4.74 Å². The van der Waals surface area contributed by atoms with Gasteiger partial charge in [0.2, 0.25) is 0 Å². The van der Waals surface area contributed by atoms with E-state index in [1.54, 1.807) is 14.1 Å². The van der Waals surface area contributed by atoms with Gasteiger partial charge in [-0.3, -0.25) is 0 Å². The predicted octanol–water partition coefficient (Wildman–Crippen LogP) is 0.804. The minimum Gasteiger partial charge on any atom is -0.462 e. The summed E-state index contributed by atoms with van der Waals surface area (Å²) < 4.78 is 9.46. The number of carbonyl (C=O) groups excluding carboxylic acids is 2. The Morgan fingerprint density at radius 1 is 1.29 bits per heavy atom. The molecule has 1 amide bonds. The lowest BCUT2D eigenvalue weighted by Crippen LogP contribution is -2.23. The first-order valence-corrected chi connectivity index (χ1v) is 4.21. The number of carbonyl (C=O) groups is 2. The van der Waals surface area contributed by atoms with E-state index in [1.807, 2.05) is 0 Å². The van der Waals surface area contributed by atoms with Gasteiger partial charge >= 0.3 is 12.1 Å². The molecule has 5 nitrogen and oxygen atoms in total. The number of nitrogens with zero attached hydrogens (tertiary/aromatic N) is 1. The Morgan fingerprint density at radius 3 is 2.36 bits per heavy atom. The van der Waals surface area contributed by atoms with Crippen LogP contribution in [0.4, 0.5) is 4.79 Å². The third-order valence-electron chi connectivity index (χ3n) is 1.29. The summed E-state index contributed by atoms with van der Waals surface area (Å²) in [6, 6.07) is 0. The molecule has 80 valence electrons. The number of rotatable bonds is 5. The standard InChI is InChI=1S/C9H15NO4/c1-4-8(11)13-6-5-7-14-9(12)10(2)3/h4H,1,5-7H2,2-3H3. The molecule has 0 aromatic carbocycles. The van der Waals surface area contributed by atoms with E-state index in [9.17, 15) is 9.59 Å². The second-order valence-corrected chi connectivity index (χ2v) is 2.73. The lowest BCUT2D eigenvalue weighted by atomic mass is 10.5. The molecule has 0 radical (unpaired) electrons. The maximum Gasteiger partial charge on any atom is 0.409 e. The first kappa shape index (κ1) is 12.5. The van der Waals surface area contributed by atoms with Crippen LogP contribution in [0.3, 0.4) is 0 Å². The Labute approximate surface area is 83.3 Å². The Balaban J connectivity index is 3.34. The first-order valence-electron chi connectivity index (χ1n) is 4.21. The summed E-state index contributed by atoms with van der Waals surface area (Å²) in [6.07, 6.45) is 1.17. The van der Waals surface area contributed by atoms with Crippen molar-refractivity contribution in [2.45, 2.75) is 6.42 Å². The minimum absolute atomic E-state index is 0.228. The lowest BCUT2D eigenvalue weighted by Gasteiger charge is -2.10. The van der Waals surface area contributed by atoms with Gasteiger partial charge in [-0.1, -0.05) is 6.58 Å². The van der Waals surface area contributed by atoms with Crippen molar-refractivity contribution < 1.29 is 19.1 Å². The molecule has 0 spiro atoms. The first-order chi connectivity index (χ1) is 6.57. The molecule has 0 aromatic heterocycles. The van der Waals surface area contributed by atoms with Gasteiger partial charge in [0.15, 0.2) is 0 Å². The third-order valence-corrected chi connectivity index (χ3v) is 1.29. The number of esters is 1. The molecule has 0 fully saturated rings. The number of hydrogen-bond acceptors (Lipinski definition) is 4. The van der Waals surface area contributed by atoms with E-state index in [1.165, 1.54) is 4.90 Å². The predicted molar refractivity (Wildman–Crippen MR) is 50.8 cm³/mol. The molecule has 0 aromatic rings. The van der Waals surface area contributed by atoms with Crippen LogP contribution in [0.25, 0.3) is 0 Å². The summed E-state index contributed by atoms with van der Waals surface area (Å²) in [7, 11) is 3.19. The molecule has 0 atom stereocenters. The second kappa shape index (κ2) is 6.94. The van der Waals surface area contributed by atoms with E-state index >= 15 is 0 Å². The molecule has 0 aliphatic carbocycles. The highest BCUT2D eigenvalue weighted by Gasteiger charge is 2.03.